The van der Waals surface area contributed by atoms with E-state index in [1.165, 1.54) is 18.9 Å². The predicted octanol–water partition coefficient (Wildman–Crippen LogP) is 2.88. The minimum atomic E-state index is -0.482. The second-order valence-electron chi connectivity index (χ2n) is 5.41. The smallest absolute Gasteiger partial charge is 0.414 e. The number of rotatable bonds is 1. The number of anilines is 1. The number of Topliss-reactive ketones (excluding diaryl/α,β-unsaturated/α-hetero) is 1. The zero-order valence-electron chi connectivity index (χ0n) is 12.5. The molecule has 110 valence electrons. The van der Waals surface area contributed by atoms with E-state index in [1.54, 1.807) is 6.92 Å². The van der Waals surface area contributed by atoms with E-state index < -0.39 is 12.1 Å². The Morgan fingerprint density at radius 1 is 1.29 bits per heavy atom. The molecular weight excluding hydrogens is 270 g/mol. The third-order valence-corrected chi connectivity index (χ3v) is 4.04. The SMILES string of the molecule is COC(=O)N1c2ccc(C)cc2[C@@H]2OC(C)=C(C(C)=O)[C@@H]21. The van der Waals surface area contributed by atoms with Crippen LogP contribution >= 0.6 is 0 Å². The number of amides is 1. The van der Waals surface area contributed by atoms with E-state index in [-0.39, 0.29) is 11.9 Å². The van der Waals surface area contributed by atoms with E-state index >= 15 is 0 Å². The molecule has 0 fully saturated rings. The van der Waals surface area contributed by atoms with Gasteiger partial charge in [0.1, 0.15) is 11.8 Å². The van der Waals surface area contributed by atoms with Crippen LogP contribution in [0.3, 0.4) is 0 Å². The number of aryl methyl sites for hydroxylation is 1. The molecule has 0 aromatic heterocycles. The van der Waals surface area contributed by atoms with Crippen LogP contribution in [0.2, 0.25) is 0 Å². The van der Waals surface area contributed by atoms with Gasteiger partial charge in [-0.15, -0.1) is 0 Å². The Kier molecular flexibility index (Phi) is 3.01. The van der Waals surface area contributed by atoms with Gasteiger partial charge in [0.05, 0.1) is 18.4 Å². The molecule has 2 aliphatic heterocycles. The molecule has 0 spiro atoms. The van der Waals surface area contributed by atoms with Gasteiger partial charge in [0, 0.05) is 5.56 Å². The number of ketones is 1. The monoisotopic (exact) mass is 287 g/mol. The van der Waals surface area contributed by atoms with Crippen LogP contribution in [0, 0.1) is 6.92 Å². The number of hydrogen-bond acceptors (Lipinski definition) is 4. The number of carbonyl (C=O) groups excluding carboxylic acids is 2. The average Bonchev–Trinajstić information content (AvgIpc) is 2.91. The van der Waals surface area contributed by atoms with Crippen LogP contribution in [-0.4, -0.2) is 25.0 Å². The molecule has 1 aromatic rings. The fraction of sp³-hybridized carbons (Fsp3) is 0.375. The molecule has 0 aliphatic carbocycles. The van der Waals surface area contributed by atoms with Gasteiger partial charge in [-0.25, -0.2) is 4.79 Å². The van der Waals surface area contributed by atoms with Crippen LogP contribution in [0.25, 0.3) is 0 Å². The van der Waals surface area contributed by atoms with Crippen molar-refractivity contribution in [1.29, 1.82) is 0 Å². The van der Waals surface area contributed by atoms with Gasteiger partial charge >= 0.3 is 6.09 Å². The molecule has 1 amide bonds. The molecule has 2 heterocycles. The van der Waals surface area contributed by atoms with Gasteiger partial charge in [-0.1, -0.05) is 17.7 Å². The van der Waals surface area contributed by atoms with Crippen molar-refractivity contribution in [2.24, 2.45) is 0 Å². The number of ether oxygens (including phenoxy) is 2. The summed E-state index contributed by atoms with van der Waals surface area (Å²) in [5, 5.41) is 0. The normalized spacial score (nSPS) is 22.8. The van der Waals surface area contributed by atoms with Gasteiger partial charge in [0.15, 0.2) is 11.9 Å². The van der Waals surface area contributed by atoms with Crippen LogP contribution in [0.1, 0.15) is 31.1 Å². The summed E-state index contributed by atoms with van der Waals surface area (Å²) in [6.45, 7) is 5.24. The first kappa shape index (κ1) is 13.7. The van der Waals surface area contributed by atoms with E-state index in [4.69, 9.17) is 9.47 Å². The van der Waals surface area contributed by atoms with Gasteiger partial charge in [0.2, 0.25) is 0 Å². The van der Waals surface area contributed by atoms with Crippen LogP contribution in [0.4, 0.5) is 10.5 Å². The van der Waals surface area contributed by atoms with Crippen LogP contribution in [0.15, 0.2) is 29.5 Å². The van der Waals surface area contributed by atoms with Gasteiger partial charge in [-0.05, 0) is 26.8 Å². The first-order valence-electron chi connectivity index (χ1n) is 6.81. The highest BCUT2D eigenvalue weighted by molar-refractivity contribution is 6.01. The van der Waals surface area contributed by atoms with Crippen molar-refractivity contribution in [1.82, 2.24) is 0 Å². The summed E-state index contributed by atoms with van der Waals surface area (Å²) in [6, 6.07) is 5.36. The van der Waals surface area contributed by atoms with Gasteiger partial charge in [-0.2, -0.15) is 0 Å². The highest BCUT2D eigenvalue weighted by Crippen LogP contribution is 2.50. The lowest BCUT2D eigenvalue weighted by molar-refractivity contribution is -0.113. The van der Waals surface area contributed by atoms with Crippen molar-refractivity contribution in [2.45, 2.75) is 32.9 Å². The number of benzene rings is 1. The lowest BCUT2D eigenvalue weighted by atomic mass is 9.98. The summed E-state index contributed by atoms with van der Waals surface area (Å²) in [5.74, 6) is 0.497. The summed E-state index contributed by atoms with van der Waals surface area (Å²) in [5.41, 5.74) is 3.28. The average molecular weight is 287 g/mol. The zero-order chi connectivity index (χ0) is 15.3. The number of carbonyl (C=O) groups is 2. The van der Waals surface area contributed by atoms with E-state index in [0.29, 0.717) is 11.3 Å². The first-order chi connectivity index (χ1) is 9.95. The topological polar surface area (TPSA) is 55.8 Å². The Hall–Kier alpha value is -2.30. The van der Waals surface area contributed by atoms with Gasteiger partial charge in [-0.3, -0.25) is 9.69 Å². The van der Waals surface area contributed by atoms with Crippen LogP contribution < -0.4 is 4.90 Å². The van der Waals surface area contributed by atoms with Crippen molar-refractivity contribution in [2.75, 3.05) is 12.0 Å². The van der Waals surface area contributed by atoms with E-state index in [1.807, 2.05) is 25.1 Å². The highest BCUT2D eigenvalue weighted by Gasteiger charge is 2.51. The van der Waals surface area contributed by atoms with Crippen LogP contribution in [0.5, 0.6) is 0 Å². The quantitative estimate of drug-likeness (QED) is 0.797. The first-order valence-corrected chi connectivity index (χ1v) is 6.81. The summed E-state index contributed by atoms with van der Waals surface area (Å²) in [6.07, 6.45) is -0.817. The molecule has 0 saturated carbocycles. The molecule has 0 saturated heterocycles. The summed E-state index contributed by atoms with van der Waals surface area (Å²) >= 11 is 0. The molecular formula is C16H17NO4. The van der Waals surface area contributed by atoms with E-state index in [0.717, 1.165) is 16.8 Å². The van der Waals surface area contributed by atoms with Crippen molar-refractivity contribution >= 4 is 17.6 Å². The van der Waals surface area contributed by atoms with Gasteiger partial charge in [0.25, 0.3) is 0 Å². The fourth-order valence-electron chi connectivity index (χ4n) is 3.21. The summed E-state index contributed by atoms with van der Waals surface area (Å²) in [4.78, 5) is 25.7. The molecule has 0 radical (unpaired) electrons. The molecule has 21 heavy (non-hydrogen) atoms. The molecule has 5 heteroatoms. The largest absolute Gasteiger partial charge is 0.487 e. The number of nitrogens with zero attached hydrogens (tertiary/aromatic N) is 1. The molecule has 0 N–H and O–H groups in total. The van der Waals surface area contributed by atoms with Crippen molar-refractivity contribution < 1.29 is 19.1 Å². The zero-order valence-corrected chi connectivity index (χ0v) is 12.5. The van der Waals surface area contributed by atoms with Gasteiger partial charge < -0.3 is 9.47 Å². The maximum atomic E-state index is 12.2. The molecule has 5 nitrogen and oxygen atoms in total. The summed E-state index contributed by atoms with van der Waals surface area (Å²) < 4.78 is 10.8. The fourth-order valence-corrected chi connectivity index (χ4v) is 3.21. The second-order valence-corrected chi connectivity index (χ2v) is 5.41. The minimum Gasteiger partial charge on any atom is -0.487 e. The Bertz CT molecular complexity index is 677. The minimum absolute atomic E-state index is 0.0848. The van der Waals surface area contributed by atoms with E-state index in [2.05, 4.69) is 0 Å². The second kappa shape index (κ2) is 4.62. The van der Waals surface area contributed by atoms with Crippen molar-refractivity contribution in [3.63, 3.8) is 0 Å². The Morgan fingerprint density at radius 2 is 2.00 bits per heavy atom. The standard InChI is InChI=1S/C16H17NO4/c1-8-5-6-12-11(7-8)15-14(17(12)16(19)20-4)13(9(2)18)10(3)21-15/h5-7,14-15H,1-4H3/t14-,15-/m0/s1. The highest BCUT2D eigenvalue weighted by atomic mass is 16.5. The molecule has 1 aromatic carbocycles. The number of hydrogen-bond donors (Lipinski definition) is 0. The molecule has 0 unspecified atom stereocenters. The third-order valence-electron chi connectivity index (χ3n) is 4.04. The molecule has 2 aliphatic rings. The third kappa shape index (κ3) is 1.84. The van der Waals surface area contributed by atoms with Crippen molar-refractivity contribution in [3.8, 4) is 0 Å². The molecule has 0 bridgehead atoms. The Morgan fingerprint density at radius 3 is 2.62 bits per heavy atom. The van der Waals surface area contributed by atoms with Crippen molar-refractivity contribution in [3.05, 3.63) is 40.7 Å². The maximum Gasteiger partial charge on any atom is 0.414 e. The number of allylic oxidation sites excluding steroid dienone is 1. The lowest BCUT2D eigenvalue weighted by Gasteiger charge is -2.23. The number of fused-ring (bicyclic) bond motifs is 3. The summed E-state index contributed by atoms with van der Waals surface area (Å²) in [7, 11) is 1.34. The number of methoxy groups -OCH3 is 1. The van der Waals surface area contributed by atoms with Crippen LogP contribution in [-0.2, 0) is 14.3 Å². The predicted molar refractivity (Wildman–Crippen MR) is 77.1 cm³/mol. The Balaban J connectivity index is 2.17. The van der Waals surface area contributed by atoms with E-state index in [9.17, 15) is 9.59 Å². The molecule has 2 atom stereocenters. The Labute approximate surface area is 123 Å². The molecule has 3 rings (SSSR count). The lowest BCUT2D eigenvalue weighted by Crippen LogP contribution is -2.40. The maximum absolute atomic E-state index is 12.2.